The number of carbonyl (C=O) groups is 1. The molecule has 0 fully saturated rings. The van der Waals surface area contributed by atoms with Crippen LogP contribution in [0.1, 0.15) is 13.8 Å². The number of imidazole rings is 1. The van der Waals surface area contributed by atoms with E-state index in [1.807, 2.05) is 32.0 Å². The Hall–Kier alpha value is -1.69. The van der Waals surface area contributed by atoms with Gasteiger partial charge in [0.25, 0.3) is 0 Å². The van der Waals surface area contributed by atoms with Gasteiger partial charge in [0.15, 0.2) is 5.16 Å². The van der Waals surface area contributed by atoms with E-state index in [4.69, 9.17) is 9.47 Å². The molecule has 20 heavy (non-hydrogen) atoms. The zero-order valence-electron chi connectivity index (χ0n) is 12.0. The number of H-pyrrole nitrogens is 1. The van der Waals surface area contributed by atoms with Crippen LogP contribution in [0.4, 0.5) is 0 Å². The fourth-order valence-corrected chi connectivity index (χ4v) is 2.71. The Bertz CT molecular complexity index is 622. The highest BCUT2D eigenvalue weighted by molar-refractivity contribution is 7.99. The Morgan fingerprint density at radius 1 is 1.40 bits per heavy atom. The van der Waals surface area contributed by atoms with Crippen molar-refractivity contribution in [3.05, 3.63) is 18.2 Å². The quantitative estimate of drug-likeness (QED) is 0.678. The maximum absolute atomic E-state index is 11.6. The van der Waals surface area contributed by atoms with Gasteiger partial charge in [-0.15, -0.1) is 0 Å². The molecule has 5 nitrogen and oxygen atoms in total. The van der Waals surface area contributed by atoms with E-state index in [9.17, 15) is 4.79 Å². The smallest absolute Gasteiger partial charge is 0.312 e. The number of thioether (sulfide) groups is 1. The lowest BCUT2D eigenvalue weighted by atomic mass is 9.97. The Morgan fingerprint density at radius 2 is 2.15 bits per heavy atom. The second kappa shape index (κ2) is 5.75. The Kier molecular flexibility index (Phi) is 4.23. The number of ether oxygens (including phenoxy) is 2. The Morgan fingerprint density at radius 3 is 2.80 bits per heavy atom. The van der Waals surface area contributed by atoms with Crippen LogP contribution in [0.5, 0.6) is 5.75 Å². The monoisotopic (exact) mass is 294 g/mol. The molecule has 0 aliphatic heterocycles. The summed E-state index contributed by atoms with van der Waals surface area (Å²) in [6.45, 7) is 3.72. The summed E-state index contributed by atoms with van der Waals surface area (Å²) in [6, 6.07) is 5.67. The number of hydrogen-bond donors (Lipinski definition) is 1. The van der Waals surface area contributed by atoms with Crippen molar-refractivity contribution >= 4 is 28.8 Å². The molecule has 6 heteroatoms. The Balaban J connectivity index is 2.12. The summed E-state index contributed by atoms with van der Waals surface area (Å²) in [5.74, 6) is 1.16. The molecule has 0 bridgehead atoms. The summed E-state index contributed by atoms with van der Waals surface area (Å²) >= 11 is 1.50. The van der Waals surface area contributed by atoms with Crippen molar-refractivity contribution in [2.24, 2.45) is 5.41 Å². The van der Waals surface area contributed by atoms with Gasteiger partial charge in [-0.2, -0.15) is 0 Å². The van der Waals surface area contributed by atoms with Crippen molar-refractivity contribution in [1.29, 1.82) is 0 Å². The second-order valence-electron chi connectivity index (χ2n) is 5.09. The number of fused-ring (bicyclic) bond motifs is 1. The molecular formula is C14H18N2O3S. The van der Waals surface area contributed by atoms with Gasteiger partial charge in [0, 0.05) is 11.8 Å². The molecule has 0 aliphatic rings. The van der Waals surface area contributed by atoms with E-state index < -0.39 is 5.41 Å². The summed E-state index contributed by atoms with van der Waals surface area (Å²) in [6.07, 6.45) is 0. The molecule has 0 saturated carbocycles. The standard InChI is InChI=1S/C14H18N2O3S/c1-14(2,12(17)19-4)8-20-13-15-10-6-5-9(18-3)7-11(10)16-13/h5-7H,8H2,1-4H3,(H,15,16). The van der Waals surface area contributed by atoms with Gasteiger partial charge in [0.1, 0.15) is 5.75 Å². The van der Waals surface area contributed by atoms with Crippen LogP contribution >= 0.6 is 11.8 Å². The van der Waals surface area contributed by atoms with E-state index in [0.717, 1.165) is 21.9 Å². The average molecular weight is 294 g/mol. The lowest BCUT2D eigenvalue weighted by Crippen LogP contribution is -2.28. The number of rotatable bonds is 5. The molecule has 1 N–H and O–H groups in total. The van der Waals surface area contributed by atoms with E-state index in [2.05, 4.69) is 9.97 Å². The minimum absolute atomic E-state index is 0.220. The van der Waals surface area contributed by atoms with Gasteiger partial charge in [0.2, 0.25) is 0 Å². The first kappa shape index (κ1) is 14.7. The third-order valence-electron chi connectivity index (χ3n) is 2.98. The molecule has 2 aromatic rings. The molecule has 1 aromatic carbocycles. The first-order chi connectivity index (χ1) is 9.46. The zero-order valence-corrected chi connectivity index (χ0v) is 12.8. The maximum atomic E-state index is 11.6. The predicted octanol–water partition coefficient (Wildman–Crippen LogP) is 2.86. The van der Waals surface area contributed by atoms with Crippen LogP contribution in [0.3, 0.4) is 0 Å². The highest BCUT2D eigenvalue weighted by Crippen LogP contribution is 2.29. The fourth-order valence-electron chi connectivity index (χ4n) is 1.74. The molecule has 0 spiro atoms. The molecule has 2 rings (SSSR count). The van der Waals surface area contributed by atoms with E-state index in [-0.39, 0.29) is 5.97 Å². The number of carbonyl (C=O) groups excluding carboxylic acids is 1. The lowest BCUT2D eigenvalue weighted by molar-refractivity contribution is -0.149. The van der Waals surface area contributed by atoms with Gasteiger partial charge in [-0.1, -0.05) is 11.8 Å². The van der Waals surface area contributed by atoms with Crippen molar-refractivity contribution < 1.29 is 14.3 Å². The van der Waals surface area contributed by atoms with Gasteiger partial charge in [-0.25, -0.2) is 4.98 Å². The van der Waals surface area contributed by atoms with Crippen molar-refractivity contribution in [1.82, 2.24) is 9.97 Å². The molecule has 1 heterocycles. The van der Waals surface area contributed by atoms with Crippen molar-refractivity contribution in [3.63, 3.8) is 0 Å². The first-order valence-electron chi connectivity index (χ1n) is 6.21. The molecule has 0 unspecified atom stereocenters. The largest absolute Gasteiger partial charge is 0.497 e. The number of benzene rings is 1. The van der Waals surface area contributed by atoms with Crippen LogP contribution in [0.2, 0.25) is 0 Å². The average Bonchev–Trinajstić information content (AvgIpc) is 2.86. The van der Waals surface area contributed by atoms with E-state index in [1.165, 1.54) is 18.9 Å². The van der Waals surface area contributed by atoms with Gasteiger partial charge in [-0.3, -0.25) is 4.79 Å². The number of hydrogen-bond acceptors (Lipinski definition) is 5. The van der Waals surface area contributed by atoms with Crippen LogP contribution in [-0.2, 0) is 9.53 Å². The fraction of sp³-hybridized carbons (Fsp3) is 0.429. The van der Waals surface area contributed by atoms with Gasteiger partial charge < -0.3 is 14.5 Å². The Labute approximate surface area is 122 Å². The van der Waals surface area contributed by atoms with Crippen molar-refractivity contribution in [2.75, 3.05) is 20.0 Å². The van der Waals surface area contributed by atoms with Crippen molar-refractivity contribution in [2.45, 2.75) is 19.0 Å². The molecule has 108 valence electrons. The summed E-state index contributed by atoms with van der Waals surface area (Å²) in [5, 5.41) is 0.783. The number of esters is 1. The van der Waals surface area contributed by atoms with Crippen LogP contribution in [-0.4, -0.2) is 35.9 Å². The van der Waals surface area contributed by atoms with Crippen LogP contribution < -0.4 is 4.74 Å². The van der Waals surface area contributed by atoms with E-state index in [0.29, 0.717) is 5.75 Å². The molecule has 0 radical (unpaired) electrons. The van der Waals surface area contributed by atoms with E-state index >= 15 is 0 Å². The van der Waals surface area contributed by atoms with Crippen molar-refractivity contribution in [3.8, 4) is 5.75 Å². The van der Waals surface area contributed by atoms with E-state index in [1.54, 1.807) is 7.11 Å². The van der Waals surface area contributed by atoms with Gasteiger partial charge in [-0.05, 0) is 26.0 Å². The molecular weight excluding hydrogens is 276 g/mol. The third-order valence-corrected chi connectivity index (χ3v) is 4.31. The summed E-state index contributed by atoms with van der Waals surface area (Å²) in [5.41, 5.74) is 1.25. The first-order valence-corrected chi connectivity index (χ1v) is 7.20. The van der Waals surface area contributed by atoms with Crippen LogP contribution in [0.15, 0.2) is 23.4 Å². The number of nitrogens with one attached hydrogen (secondary N) is 1. The van der Waals surface area contributed by atoms with Gasteiger partial charge in [0.05, 0.1) is 30.7 Å². The maximum Gasteiger partial charge on any atom is 0.312 e. The molecule has 0 aliphatic carbocycles. The molecule has 0 saturated heterocycles. The molecule has 1 aromatic heterocycles. The van der Waals surface area contributed by atoms with Crippen LogP contribution in [0.25, 0.3) is 11.0 Å². The lowest BCUT2D eigenvalue weighted by Gasteiger charge is -2.19. The molecule has 0 amide bonds. The minimum Gasteiger partial charge on any atom is -0.497 e. The number of aromatic nitrogens is 2. The topological polar surface area (TPSA) is 64.2 Å². The minimum atomic E-state index is -0.546. The summed E-state index contributed by atoms with van der Waals surface area (Å²) in [7, 11) is 3.04. The second-order valence-corrected chi connectivity index (χ2v) is 6.05. The highest BCUT2D eigenvalue weighted by atomic mass is 32.2. The molecule has 0 atom stereocenters. The van der Waals surface area contributed by atoms with Gasteiger partial charge >= 0.3 is 5.97 Å². The summed E-state index contributed by atoms with van der Waals surface area (Å²) < 4.78 is 9.97. The predicted molar refractivity (Wildman–Crippen MR) is 79.2 cm³/mol. The number of nitrogens with zero attached hydrogens (tertiary/aromatic N) is 1. The zero-order chi connectivity index (χ0) is 14.8. The highest BCUT2D eigenvalue weighted by Gasteiger charge is 2.29. The SMILES string of the molecule is COC(=O)C(C)(C)CSc1nc2ccc(OC)cc2[nH]1. The number of aromatic amines is 1. The summed E-state index contributed by atoms with van der Waals surface area (Å²) in [4.78, 5) is 19.3. The van der Waals surface area contributed by atoms with Crippen LogP contribution in [0, 0.1) is 5.41 Å². The normalized spacial score (nSPS) is 11.6. The third kappa shape index (κ3) is 3.07. The number of methoxy groups -OCH3 is 2.